The third kappa shape index (κ3) is 2.96. The van der Waals surface area contributed by atoms with E-state index in [0.29, 0.717) is 5.92 Å². The molecule has 112 valence electrons. The lowest BCUT2D eigenvalue weighted by Gasteiger charge is -2.28. The highest BCUT2D eigenvalue weighted by molar-refractivity contribution is 5.38. The van der Waals surface area contributed by atoms with Crippen molar-refractivity contribution in [2.24, 2.45) is 5.84 Å². The molecule has 3 rings (SSSR count). The van der Waals surface area contributed by atoms with E-state index >= 15 is 0 Å². The molecule has 3 N–H and O–H groups in total. The second-order valence-electron chi connectivity index (χ2n) is 5.48. The Hall–Kier alpha value is -1.78. The molecule has 2 atom stereocenters. The Kier molecular flexibility index (Phi) is 4.27. The molecular formula is C17H22N2O2. The maximum Gasteiger partial charge on any atom is 0.122 e. The molecule has 0 radical (unpaired) electrons. The SMILES string of the molecule is CCc1ccc(C(CC2CCOc3ccccc32)NN)o1. The Bertz CT molecular complexity index is 594. The van der Waals surface area contributed by atoms with Crippen LogP contribution in [0.5, 0.6) is 5.75 Å². The summed E-state index contributed by atoms with van der Waals surface area (Å²) in [5.74, 6) is 9.10. The van der Waals surface area contributed by atoms with E-state index < -0.39 is 0 Å². The number of hydrazine groups is 1. The number of nitrogens with one attached hydrogen (secondary N) is 1. The Balaban J connectivity index is 1.78. The van der Waals surface area contributed by atoms with Crippen LogP contribution in [-0.2, 0) is 6.42 Å². The van der Waals surface area contributed by atoms with Gasteiger partial charge in [0.2, 0.25) is 0 Å². The van der Waals surface area contributed by atoms with Crippen LogP contribution in [0.3, 0.4) is 0 Å². The molecule has 1 aromatic carbocycles. The number of aryl methyl sites for hydroxylation is 1. The van der Waals surface area contributed by atoms with Gasteiger partial charge in [-0.3, -0.25) is 5.84 Å². The van der Waals surface area contributed by atoms with Gasteiger partial charge >= 0.3 is 0 Å². The summed E-state index contributed by atoms with van der Waals surface area (Å²) in [6, 6.07) is 12.3. The summed E-state index contributed by atoms with van der Waals surface area (Å²) in [7, 11) is 0. The predicted octanol–water partition coefficient (Wildman–Crippen LogP) is 3.30. The summed E-state index contributed by atoms with van der Waals surface area (Å²) in [5.41, 5.74) is 4.17. The first-order chi connectivity index (χ1) is 10.3. The minimum atomic E-state index is 0.0291. The highest BCUT2D eigenvalue weighted by atomic mass is 16.5. The number of benzene rings is 1. The number of hydrogen-bond acceptors (Lipinski definition) is 4. The van der Waals surface area contributed by atoms with Crippen molar-refractivity contribution < 1.29 is 9.15 Å². The van der Waals surface area contributed by atoms with Crippen LogP contribution >= 0.6 is 0 Å². The summed E-state index contributed by atoms with van der Waals surface area (Å²) in [5, 5.41) is 0. The molecule has 1 aromatic heterocycles. The van der Waals surface area contributed by atoms with E-state index in [-0.39, 0.29) is 6.04 Å². The van der Waals surface area contributed by atoms with E-state index in [1.54, 1.807) is 0 Å². The molecule has 21 heavy (non-hydrogen) atoms. The highest BCUT2D eigenvalue weighted by Crippen LogP contribution is 2.38. The van der Waals surface area contributed by atoms with Gasteiger partial charge in [-0.05, 0) is 42.5 Å². The van der Waals surface area contributed by atoms with Crippen molar-refractivity contribution >= 4 is 0 Å². The summed E-state index contributed by atoms with van der Waals surface area (Å²) < 4.78 is 11.6. The van der Waals surface area contributed by atoms with Crippen molar-refractivity contribution in [2.75, 3.05) is 6.61 Å². The molecule has 4 heteroatoms. The van der Waals surface area contributed by atoms with Gasteiger partial charge in [0.25, 0.3) is 0 Å². The van der Waals surface area contributed by atoms with Crippen LogP contribution in [-0.4, -0.2) is 6.61 Å². The van der Waals surface area contributed by atoms with Gasteiger partial charge in [0, 0.05) is 6.42 Å². The molecule has 0 spiro atoms. The zero-order chi connectivity index (χ0) is 14.7. The fraction of sp³-hybridized carbons (Fsp3) is 0.412. The van der Waals surface area contributed by atoms with Crippen LogP contribution < -0.4 is 16.0 Å². The van der Waals surface area contributed by atoms with E-state index in [1.807, 2.05) is 24.3 Å². The van der Waals surface area contributed by atoms with Gasteiger partial charge in [-0.1, -0.05) is 25.1 Å². The Morgan fingerprint density at radius 2 is 2.14 bits per heavy atom. The molecule has 2 unspecified atom stereocenters. The second kappa shape index (κ2) is 6.33. The Morgan fingerprint density at radius 1 is 1.29 bits per heavy atom. The van der Waals surface area contributed by atoms with Gasteiger partial charge in [0.15, 0.2) is 0 Å². The number of ether oxygens (including phenoxy) is 1. The third-order valence-electron chi connectivity index (χ3n) is 4.18. The van der Waals surface area contributed by atoms with E-state index in [1.165, 1.54) is 5.56 Å². The van der Waals surface area contributed by atoms with E-state index in [9.17, 15) is 0 Å². The molecular weight excluding hydrogens is 264 g/mol. The number of furan rings is 1. The minimum Gasteiger partial charge on any atom is -0.493 e. The van der Waals surface area contributed by atoms with Crippen molar-refractivity contribution in [3.05, 3.63) is 53.5 Å². The first kappa shape index (κ1) is 14.2. The van der Waals surface area contributed by atoms with Crippen LogP contribution in [0.1, 0.15) is 48.8 Å². The number of hydrogen-bond donors (Lipinski definition) is 2. The van der Waals surface area contributed by atoms with Gasteiger partial charge in [0.05, 0.1) is 12.6 Å². The van der Waals surface area contributed by atoms with Crippen molar-refractivity contribution in [3.8, 4) is 5.75 Å². The zero-order valence-electron chi connectivity index (χ0n) is 12.3. The number of fused-ring (bicyclic) bond motifs is 1. The average molecular weight is 286 g/mol. The van der Waals surface area contributed by atoms with Crippen LogP contribution in [0.4, 0.5) is 0 Å². The summed E-state index contributed by atoms with van der Waals surface area (Å²) >= 11 is 0. The summed E-state index contributed by atoms with van der Waals surface area (Å²) in [6.07, 6.45) is 2.82. The Morgan fingerprint density at radius 3 is 2.90 bits per heavy atom. The van der Waals surface area contributed by atoms with Crippen molar-refractivity contribution in [3.63, 3.8) is 0 Å². The smallest absolute Gasteiger partial charge is 0.122 e. The van der Waals surface area contributed by atoms with Crippen LogP contribution in [0, 0.1) is 0 Å². The van der Waals surface area contributed by atoms with Gasteiger partial charge < -0.3 is 9.15 Å². The maximum absolute atomic E-state index is 5.84. The van der Waals surface area contributed by atoms with E-state index in [4.69, 9.17) is 15.0 Å². The average Bonchev–Trinajstić information content (AvgIpc) is 3.01. The molecule has 2 heterocycles. The zero-order valence-corrected chi connectivity index (χ0v) is 12.3. The fourth-order valence-electron chi connectivity index (χ4n) is 2.98. The van der Waals surface area contributed by atoms with E-state index in [2.05, 4.69) is 24.5 Å². The molecule has 0 bridgehead atoms. The molecule has 1 aliphatic rings. The number of nitrogens with two attached hydrogens (primary N) is 1. The first-order valence-corrected chi connectivity index (χ1v) is 7.58. The molecule has 0 amide bonds. The minimum absolute atomic E-state index is 0.0291. The molecule has 4 nitrogen and oxygen atoms in total. The van der Waals surface area contributed by atoms with Gasteiger partial charge in [-0.25, -0.2) is 5.43 Å². The summed E-state index contributed by atoms with van der Waals surface area (Å²) in [6.45, 7) is 2.85. The Labute approximate surface area is 125 Å². The quantitative estimate of drug-likeness (QED) is 0.654. The molecule has 0 saturated heterocycles. The van der Waals surface area contributed by atoms with Gasteiger partial charge in [-0.2, -0.15) is 0 Å². The van der Waals surface area contributed by atoms with Crippen molar-refractivity contribution in [1.29, 1.82) is 0 Å². The van der Waals surface area contributed by atoms with Crippen LogP contribution in [0.2, 0.25) is 0 Å². The lowest BCUT2D eigenvalue weighted by Crippen LogP contribution is -2.30. The van der Waals surface area contributed by atoms with Gasteiger partial charge in [0.1, 0.15) is 17.3 Å². The molecule has 0 fully saturated rings. The topological polar surface area (TPSA) is 60.4 Å². The highest BCUT2D eigenvalue weighted by Gasteiger charge is 2.26. The largest absolute Gasteiger partial charge is 0.493 e. The van der Waals surface area contributed by atoms with Gasteiger partial charge in [-0.15, -0.1) is 0 Å². The number of para-hydroxylation sites is 1. The standard InChI is InChI=1S/C17H22N2O2/c1-2-13-7-8-17(21-13)15(19-18)11-12-9-10-20-16-6-4-3-5-14(12)16/h3-8,12,15,19H,2,9-11,18H2,1H3. The lowest BCUT2D eigenvalue weighted by atomic mass is 9.87. The lowest BCUT2D eigenvalue weighted by molar-refractivity contribution is 0.250. The normalized spacial score (nSPS) is 18.9. The van der Waals surface area contributed by atoms with E-state index in [0.717, 1.165) is 43.1 Å². The summed E-state index contributed by atoms with van der Waals surface area (Å²) in [4.78, 5) is 0. The molecule has 0 saturated carbocycles. The van der Waals surface area contributed by atoms with Crippen molar-refractivity contribution in [2.45, 2.75) is 38.1 Å². The maximum atomic E-state index is 5.84. The monoisotopic (exact) mass is 286 g/mol. The van der Waals surface area contributed by atoms with Crippen LogP contribution in [0.15, 0.2) is 40.8 Å². The van der Waals surface area contributed by atoms with Crippen LogP contribution in [0.25, 0.3) is 0 Å². The first-order valence-electron chi connectivity index (χ1n) is 7.58. The van der Waals surface area contributed by atoms with Crippen molar-refractivity contribution in [1.82, 2.24) is 5.43 Å². The molecule has 2 aromatic rings. The third-order valence-corrected chi connectivity index (χ3v) is 4.18. The molecule has 0 aliphatic carbocycles. The second-order valence-corrected chi connectivity index (χ2v) is 5.48. The fourth-order valence-corrected chi connectivity index (χ4v) is 2.98. The predicted molar refractivity (Wildman–Crippen MR) is 82.1 cm³/mol. The molecule has 1 aliphatic heterocycles. The number of rotatable bonds is 5.